The summed E-state index contributed by atoms with van der Waals surface area (Å²) in [5, 5.41) is 3.28. The maximum atomic E-state index is 12.4. The van der Waals surface area contributed by atoms with Crippen molar-refractivity contribution in [3.63, 3.8) is 0 Å². The number of alkyl halides is 3. The zero-order valence-corrected chi connectivity index (χ0v) is 13.1. The van der Waals surface area contributed by atoms with Crippen LogP contribution in [0.2, 0.25) is 0 Å². The molecule has 0 bridgehead atoms. The number of halogens is 3. The van der Waals surface area contributed by atoms with Crippen molar-refractivity contribution in [3.05, 3.63) is 35.7 Å². The van der Waals surface area contributed by atoms with Crippen molar-refractivity contribution in [2.24, 2.45) is 0 Å². The highest BCUT2D eigenvalue weighted by molar-refractivity contribution is 7.89. The summed E-state index contributed by atoms with van der Waals surface area (Å²) >= 11 is 0. The predicted octanol–water partition coefficient (Wildman–Crippen LogP) is 2.54. The molecule has 6 nitrogen and oxygen atoms in total. The van der Waals surface area contributed by atoms with E-state index in [0.29, 0.717) is 11.1 Å². The summed E-state index contributed by atoms with van der Waals surface area (Å²) in [6, 6.07) is 6.21. The molecule has 2 rings (SSSR count). The van der Waals surface area contributed by atoms with E-state index in [4.69, 9.17) is 0 Å². The normalized spacial score (nSPS) is 12.8. The standard InChI is InChI=1S/C13H14F3N3O3S/c1-3-23(20,21)19(2)8-9-4-6-10(7-5-9)11-17-12(22-18-11)13(14,15)16/h4-7H,3,8H2,1-2H3. The zero-order chi connectivity index (χ0) is 17.3. The van der Waals surface area contributed by atoms with Gasteiger partial charge in [0.05, 0.1) is 5.75 Å². The second-order valence-electron chi connectivity index (χ2n) is 4.77. The van der Waals surface area contributed by atoms with Gasteiger partial charge in [0.25, 0.3) is 0 Å². The number of hydrogen-bond acceptors (Lipinski definition) is 5. The molecule has 0 aliphatic heterocycles. The Bertz CT molecular complexity index is 770. The fourth-order valence-electron chi connectivity index (χ4n) is 1.79. The molecular formula is C13H14F3N3O3S. The topological polar surface area (TPSA) is 76.3 Å². The van der Waals surface area contributed by atoms with Crippen molar-refractivity contribution < 1.29 is 26.1 Å². The first-order valence-electron chi connectivity index (χ1n) is 6.57. The summed E-state index contributed by atoms with van der Waals surface area (Å²) in [4.78, 5) is 3.29. The van der Waals surface area contributed by atoms with E-state index in [1.165, 1.54) is 23.5 Å². The molecule has 0 N–H and O–H groups in total. The van der Waals surface area contributed by atoms with E-state index in [1.54, 1.807) is 19.1 Å². The lowest BCUT2D eigenvalue weighted by molar-refractivity contribution is -0.159. The number of nitrogens with zero attached hydrogens (tertiary/aromatic N) is 3. The first-order chi connectivity index (χ1) is 10.6. The van der Waals surface area contributed by atoms with E-state index < -0.39 is 22.1 Å². The number of rotatable bonds is 5. The van der Waals surface area contributed by atoms with Crippen LogP contribution in [0.1, 0.15) is 18.4 Å². The van der Waals surface area contributed by atoms with Gasteiger partial charge in [-0.05, 0) is 12.5 Å². The van der Waals surface area contributed by atoms with Crippen LogP contribution in [0.3, 0.4) is 0 Å². The first kappa shape index (κ1) is 17.4. The molecule has 10 heteroatoms. The Balaban J connectivity index is 2.15. The molecule has 1 aromatic heterocycles. The fraction of sp³-hybridized carbons (Fsp3) is 0.385. The Kier molecular flexibility index (Phi) is 4.76. The average molecular weight is 349 g/mol. The molecular weight excluding hydrogens is 335 g/mol. The molecule has 0 aliphatic carbocycles. The van der Waals surface area contributed by atoms with Gasteiger partial charge in [0.15, 0.2) is 0 Å². The lowest BCUT2D eigenvalue weighted by atomic mass is 10.1. The quantitative estimate of drug-likeness (QED) is 0.829. The van der Waals surface area contributed by atoms with Gasteiger partial charge in [-0.2, -0.15) is 18.2 Å². The van der Waals surface area contributed by atoms with Crippen LogP contribution in [-0.2, 0) is 22.7 Å². The minimum absolute atomic E-state index is 0.00926. The molecule has 0 atom stereocenters. The number of hydrogen-bond donors (Lipinski definition) is 0. The molecule has 0 saturated heterocycles. The highest BCUT2D eigenvalue weighted by Gasteiger charge is 2.38. The molecule has 23 heavy (non-hydrogen) atoms. The minimum atomic E-state index is -4.69. The minimum Gasteiger partial charge on any atom is -0.329 e. The van der Waals surface area contributed by atoms with Crippen LogP contribution in [0, 0.1) is 0 Å². The molecule has 1 heterocycles. The maximum absolute atomic E-state index is 12.4. The first-order valence-corrected chi connectivity index (χ1v) is 8.18. The molecule has 0 spiro atoms. The van der Waals surface area contributed by atoms with Crippen LogP contribution < -0.4 is 0 Å². The van der Waals surface area contributed by atoms with E-state index in [9.17, 15) is 21.6 Å². The summed E-state index contributed by atoms with van der Waals surface area (Å²) in [5.41, 5.74) is 1.03. The van der Waals surface area contributed by atoms with Crippen molar-refractivity contribution in [2.45, 2.75) is 19.6 Å². The highest BCUT2D eigenvalue weighted by Crippen LogP contribution is 2.29. The largest absolute Gasteiger partial charge is 0.471 e. The van der Waals surface area contributed by atoms with Gasteiger partial charge in [0.1, 0.15) is 0 Å². The van der Waals surface area contributed by atoms with Crippen molar-refractivity contribution >= 4 is 10.0 Å². The van der Waals surface area contributed by atoms with Gasteiger partial charge < -0.3 is 4.52 Å². The van der Waals surface area contributed by atoms with E-state index in [-0.39, 0.29) is 18.1 Å². The molecule has 0 fully saturated rings. The third kappa shape index (κ3) is 4.08. The lowest BCUT2D eigenvalue weighted by Crippen LogP contribution is -2.27. The Labute approximate surface area is 131 Å². The average Bonchev–Trinajstić information content (AvgIpc) is 2.98. The molecule has 0 radical (unpaired) electrons. The van der Waals surface area contributed by atoms with Gasteiger partial charge in [0, 0.05) is 19.2 Å². The summed E-state index contributed by atoms with van der Waals surface area (Å²) < 4.78 is 66.0. The Morgan fingerprint density at radius 1 is 1.22 bits per heavy atom. The Hall–Kier alpha value is -1.94. The van der Waals surface area contributed by atoms with Gasteiger partial charge in [-0.1, -0.05) is 29.4 Å². The summed E-state index contributed by atoms with van der Waals surface area (Å²) in [7, 11) is -1.84. The zero-order valence-electron chi connectivity index (χ0n) is 12.3. The molecule has 0 amide bonds. The van der Waals surface area contributed by atoms with Crippen molar-refractivity contribution in [1.29, 1.82) is 0 Å². The van der Waals surface area contributed by atoms with Crippen LogP contribution in [0.15, 0.2) is 28.8 Å². The second-order valence-corrected chi connectivity index (χ2v) is 7.14. The van der Waals surface area contributed by atoms with Crippen LogP contribution in [0.25, 0.3) is 11.4 Å². The number of sulfonamides is 1. The monoisotopic (exact) mass is 349 g/mol. The Morgan fingerprint density at radius 2 is 1.83 bits per heavy atom. The maximum Gasteiger partial charge on any atom is 0.471 e. The molecule has 126 valence electrons. The molecule has 0 saturated carbocycles. The van der Waals surface area contributed by atoms with E-state index >= 15 is 0 Å². The Morgan fingerprint density at radius 3 is 2.30 bits per heavy atom. The van der Waals surface area contributed by atoms with Gasteiger partial charge in [-0.3, -0.25) is 0 Å². The highest BCUT2D eigenvalue weighted by atomic mass is 32.2. The lowest BCUT2D eigenvalue weighted by Gasteiger charge is -2.15. The molecule has 2 aromatic rings. The second kappa shape index (κ2) is 6.28. The van der Waals surface area contributed by atoms with Crippen molar-refractivity contribution in [3.8, 4) is 11.4 Å². The van der Waals surface area contributed by atoms with Gasteiger partial charge in [-0.25, -0.2) is 12.7 Å². The van der Waals surface area contributed by atoms with Crippen LogP contribution in [0.5, 0.6) is 0 Å². The summed E-state index contributed by atoms with van der Waals surface area (Å²) in [6.07, 6.45) is -4.69. The smallest absolute Gasteiger partial charge is 0.329 e. The SMILES string of the molecule is CCS(=O)(=O)N(C)Cc1ccc(-c2noc(C(F)(F)F)n2)cc1. The van der Waals surface area contributed by atoms with Crippen LogP contribution in [-0.4, -0.2) is 35.7 Å². The number of benzene rings is 1. The third-order valence-corrected chi connectivity index (χ3v) is 4.93. The fourth-order valence-corrected chi connectivity index (χ4v) is 2.58. The van der Waals surface area contributed by atoms with Gasteiger partial charge in [0.2, 0.25) is 15.8 Å². The molecule has 0 unspecified atom stereocenters. The van der Waals surface area contributed by atoms with Crippen LogP contribution >= 0.6 is 0 Å². The molecule has 1 aromatic carbocycles. The third-order valence-electron chi connectivity index (χ3n) is 3.13. The van der Waals surface area contributed by atoms with Gasteiger partial charge in [-0.15, -0.1) is 0 Å². The summed E-state index contributed by atoms with van der Waals surface area (Å²) in [5.74, 6) is -1.60. The predicted molar refractivity (Wildman–Crippen MR) is 75.7 cm³/mol. The van der Waals surface area contributed by atoms with Gasteiger partial charge >= 0.3 is 12.1 Å². The van der Waals surface area contributed by atoms with Crippen LogP contribution in [0.4, 0.5) is 13.2 Å². The van der Waals surface area contributed by atoms with Crippen molar-refractivity contribution in [2.75, 3.05) is 12.8 Å². The van der Waals surface area contributed by atoms with Crippen molar-refractivity contribution in [1.82, 2.24) is 14.4 Å². The van der Waals surface area contributed by atoms with E-state index in [2.05, 4.69) is 14.7 Å². The van der Waals surface area contributed by atoms with E-state index in [1.807, 2.05) is 0 Å². The van der Waals surface area contributed by atoms with E-state index in [0.717, 1.165) is 0 Å². The molecule has 0 aliphatic rings. The summed E-state index contributed by atoms with van der Waals surface area (Å²) in [6.45, 7) is 1.71. The number of aromatic nitrogens is 2.